The molecule has 3 rings (SSSR count). The second-order valence-electron chi connectivity index (χ2n) is 6.03. The first kappa shape index (κ1) is 16.1. The van der Waals surface area contributed by atoms with E-state index in [0.717, 1.165) is 29.1 Å². The molecule has 2 aromatic heterocycles. The molecule has 0 radical (unpaired) electrons. The van der Waals surface area contributed by atoms with Crippen molar-refractivity contribution in [3.8, 4) is 11.3 Å². The van der Waals surface area contributed by atoms with Crippen LogP contribution < -0.4 is 0 Å². The molecule has 3 heterocycles. The van der Waals surface area contributed by atoms with Crippen molar-refractivity contribution in [1.29, 1.82) is 0 Å². The Balaban J connectivity index is 1.86. The van der Waals surface area contributed by atoms with Gasteiger partial charge in [-0.05, 0) is 32.6 Å². The molecular formula is C15H20N4O3S. The van der Waals surface area contributed by atoms with Gasteiger partial charge >= 0.3 is 0 Å². The zero-order valence-electron chi connectivity index (χ0n) is 13.5. The molecule has 0 spiro atoms. The van der Waals surface area contributed by atoms with Crippen molar-refractivity contribution in [1.82, 2.24) is 19.4 Å². The number of hydrogen-bond acceptors (Lipinski definition) is 6. The van der Waals surface area contributed by atoms with E-state index in [-0.39, 0.29) is 5.92 Å². The molecule has 2 aromatic rings. The number of sulfonamides is 1. The topological polar surface area (TPSA) is 89.2 Å². The normalized spacial score (nSPS) is 19.3. The third-order valence-corrected chi connectivity index (χ3v) is 5.51. The molecule has 1 unspecified atom stereocenters. The molecule has 0 N–H and O–H groups in total. The maximum absolute atomic E-state index is 11.7. The van der Waals surface area contributed by atoms with Crippen LogP contribution >= 0.6 is 0 Å². The molecule has 8 heteroatoms. The Bertz CT molecular complexity index is 796. The lowest BCUT2D eigenvalue weighted by atomic mass is 9.98. The van der Waals surface area contributed by atoms with Crippen LogP contribution in [0.3, 0.4) is 0 Å². The fraction of sp³-hybridized carbons (Fsp3) is 0.533. The first-order valence-electron chi connectivity index (χ1n) is 7.54. The highest BCUT2D eigenvalue weighted by atomic mass is 32.2. The van der Waals surface area contributed by atoms with Gasteiger partial charge < -0.3 is 4.52 Å². The van der Waals surface area contributed by atoms with Crippen LogP contribution in [-0.4, -0.2) is 47.2 Å². The number of hydrogen-bond donors (Lipinski definition) is 0. The number of aryl methyl sites for hydroxylation is 2. The van der Waals surface area contributed by atoms with Crippen molar-refractivity contribution in [2.24, 2.45) is 5.92 Å². The van der Waals surface area contributed by atoms with Crippen molar-refractivity contribution in [2.45, 2.75) is 26.7 Å². The van der Waals surface area contributed by atoms with Gasteiger partial charge in [0.25, 0.3) is 0 Å². The van der Waals surface area contributed by atoms with Gasteiger partial charge in [0.2, 0.25) is 10.0 Å². The van der Waals surface area contributed by atoms with E-state index in [0.29, 0.717) is 25.3 Å². The smallest absolute Gasteiger partial charge is 0.211 e. The lowest BCUT2D eigenvalue weighted by molar-refractivity contribution is 0.393. The SMILES string of the molecule is Cc1noc(C)c1-c1nccnc1CC1CCN(S(C)(=O)=O)C1. The summed E-state index contributed by atoms with van der Waals surface area (Å²) in [6.07, 6.45) is 6.11. The fourth-order valence-corrected chi connectivity index (χ4v) is 4.00. The van der Waals surface area contributed by atoms with E-state index in [1.807, 2.05) is 13.8 Å². The van der Waals surface area contributed by atoms with Crippen molar-refractivity contribution >= 4 is 10.0 Å². The van der Waals surface area contributed by atoms with E-state index in [1.54, 1.807) is 12.4 Å². The maximum atomic E-state index is 11.7. The monoisotopic (exact) mass is 336 g/mol. The van der Waals surface area contributed by atoms with Crippen LogP contribution in [0.4, 0.5) is 0 Å². The van der Waals surface area contributed by atoms with Gasteiger partial charge in [0.15, 0.2) is 0 Å². The number of nitrogens with zero attached hydrogens (tertiary/aromatic N) is 4. The third-order valence-electron chi connectivity index (χ3n) is 4.24. The summed E-state index contributed by atoms with van der Waals surface area (Å²) in [5, 5.41) is 3.98. The van der Waals surface area contributed by atoms with E-state index in [9.17, 15) is 8.42 Å². The highest BCUT2D eigenvalue weighted by Gasteiger charge is 2.30. The van der Waals surface area contributed by atoms with E-state index in [2.05, 4.69) is 15.1 Å². The Hall–Kier alpha value is -1.80. The second kappa shape index (κ2) is 6.01. The predicted molar refractivity (Wildman–Crippen MR) is 85.2 cm³/mol. The van der Waals surface area contributed by atoms with Crippen molar-refractivity contribution < 1.29 is 12.9 Å². The minimum atomic E-state index is -3.12. The van der Waals surface area contributed by atoms with E-state index < -0.39 is 10.0 Å². The molecule has 1 atom stereocenters. The second-order valence-corrected chi connectivity index (χ2v) is 8.01. The zero-order chi connectivity index (χ0) is 16.6. The van der Waals surface area contributed by atoms with Crippen molar-refractivity contribution in [3.05, 3.63) is 29.5 Å². The predicted octanol–water partition coefficient (Wildman–Crippen LogP) is 1.57. The van der Waals surface area contributed by atoms with Gasteiger partial charge in [0.05, 0.1) is 28.9 Å². The molecule has 7 nitrogen and oxygen atoms in total. The van der Waals surface area contributed by atoms with E-state index in [4.69, 9.17) is 4.52 Å². The summed E-state index contributed by atoms with van der Waals surface area (Å²) in [6, 6.07) is 0. The van der Waals surface area contributed by atoms with Crippen LogP contribution in [0.2, 0.25) is 0 Å². The molecule has 0 saturated carbocycles. The Morgan fingerprint density at radius 2 is 2.04 bits per heavy atom. The average molecular weight is 336 g/mol. The molecule has 1 aliphatic heterocycles. The van der Waals surface area contributed by atoms with Gasteiger partial charge in [0.1, 0.15) is 5.76 Å². The highest BCUT2D eigenvalue weighted by Crippen LogP contribution is 2.30. The first-order chi connectivity index (χ1) is 10.9. The molecule has 0 aliphatic carbocycles. The van der Waals surface area contributed by atoms with Crippen molar-refractivity contribution in [2.75, 3.05) is 19.3 Å². The van der Waals surface area contributed by atoms with Crippen LogP contribution in [0, 0.1) is 19.8 Å². The first-order valence-corrected chi connectivity index (χ1v) is 9.39. The molecular weight excluding hydrogens is 316 g/mol. The van der Waals surface area contributed by atoms with Gasteiger partial charge in [-0.15, -0.1) is 0 Å². The lowest BCUT2D eigenvalue weighted by Gasteiger charge is -2.14. The summed E-state index contributed by atoms with van der Waals surface area (Å²) in [4.78, 5) is 8.93. The van der Waals surface area contributed by atoms with E-state index >= 15 is 0 Å². The Morgan fingerprint density at radius 1 is 1.30 bits per heavy atom. The third kappa shape index (κ3) is 3.28. The van der Waals surface area contributed by atoms with Crippen LogP contribution in [-0.2, 0) is 16.4 Å². The van der Waals surface area contributed by atoms with Gasteiger partial charge in [-0.25, -0.2) is 12.7 Å². The van der Waals surface area contributed by atoms with Gasteiger partial charge in [-0.3, -0.25) is 9.97 Å². The van der Waals surface area contributed by atoms with Gasteiger partial charge in [-0.2, -0.15) is 0 Å². The maximum Gasteiger partial charge on any atom is 0.211 e. The van der Waals surface area contributed by atoms with Crippen LogP contribution in [0.25, 0.3) is 11.3 Å². The Labute approximate surface area is 135 Å². The summed E-state index contributed by atoms with van der Waals surface area (Å²) < 4.78 is 30.1. The summed E-state index contributed by atoms with van der Waals surface area (Å²) in [6.45, 7) is 4.85. The fourth-order valence-electron chi connectivity index (χ4n) is 3.08. The summed E-state index contributed by atoms with van der Waals surface area (Å²) in [5.41, 5.74) is 3.31. The van der Waals surface area contributed by atoms with Crippen LogP contribution in [0.1, 0.15) is 23.6 Å². The Kier molecular flexibility index (Phi) is 4.20. The zero-order valence-corrected chi connectivity index (χ0v) is 14.3. The minimum absolute atomic E-state index is 0.251. The van der Waals surface area contributed by atoms with Gasteiger partial charge in [-0.1, -0.05) is 5.16 Å². The summed E-state index contributed by atoms with van der Waals surface area (Å²) in [7, 11) is -3.12. The Morgan fingerprint density at radius 3 is 2.65 bits per heavy atom. The lowest BCUT2D eigenvalue weighted by Crippen LogP contribution is -2.27. The molecule has 1 aliphatic rings. The molecule has 1 fully saturated rings. The quantitative estimate of drug-likeness (QED) is 0.842. The largest absolute Gasteiger partial charge is 0.361 e. The molecule has 0 aromatic carbocycles. The highest BCUT2D eigenvalue weighted by molar-refractivity contribution is 7.88. The standard InChI is InChI=1S/C15H20N4O3S/c1-10-14(11(2)22-18-10)15-13(16-5-6-17-15)8-12-4-7-19(9-12)23(3,20)21/h5-6,12H,4,7-9H2,1-3H3. The number of rotatable bonds is 4. The van der Waals surface area contributed by atoms with Crippen LogP contribution in [0.15, 0.2) is 16.9 Å². The minimum Gasteiger partial charge on any atom is -0.361 e. The summed E-state index contributed by atoms with van der Waals surface area (Å²) in [5.74, 6) is 0.967. The number of aromatic nitrogens is 3. The summed E-state index contributed by atoms with van der Waals surface area (Å²) >= 11 is 0. The molecule has 1 saturated heterocycles. The van der Waals surface area contributed by atoms with Gasteiger partial charge in [0, 0.05) is 25.5 Å². The van der Waals surface area contributed by atoms with Crippen molar-refractivity contribution in [3.63, 3.8) is 0 Å². The molecule has 23 heavy (non-hydrogen) atoms. The van der Waals surface area contributed by atoms with Crippen LogP contribution in [0.5, 0.6) is 0 Å². The molecule has 0 amide bonds. The van der Waals surface area contributed by atoms with E-state index in [1.165, 1.54) is 10.6 Å². The average Bonchev–Trinajstić information content (AvgIpc) is 3.07. The molecule has 124 valence electrons. The molecule has 0 bridgehead atoms.